The second-order valence-electron chi connectivity index (χ2n) is 8.81. The second-order valence-corrected chi connectivity index (χ2v) is 9.22. The van der Waals surface area contributed by atoms with Crippen molar-refractivity contribution in [3.63, 3.8) is 0 Å². The van der Waals surface area contributed by atoms with E-state index in [0.29, 0.717) is 10.6 Å². The van der Waals surface area contributed by atoms with Gasteiger partial charge in [-0.3, -0.25) is 9.69 Å². The topological polar surface area (TPSA) is 61.8 Å². The van der Waals surface area contributed by atoms with Gasteiger partial charge in [-0.25, -0.2) is 4.39 Å². The van der Waals surface area contributed by atoms with E-state index in [9.17, 15) is 9.18 Å². The first kappa shape index (κ1) is 23.5. The predicted molar refractivity (Wildman–Crippen MR) is 117 cm³/mol. The van der Waals surface area contributed by atoms with Gasteiger partial charge in [-0.1, -0.05) is 23.7 Å². The minimum Gasteiger partial charge on any atom is -0.481 e. The fourth-order valence-electron chi connectivity index (χ4n) is 4.51. The van der Waals surface area contributed by atoms with Crippen LogP contribution >= 0.6 is 11.6 Å². The lowest BCUT2D eigenvalue weighted by Crippen LogP contribution is -2.41. The monoisotopic (exact) mass is 440 g/mol. The number of alkyl halides is 1. The molecule has 1 aromatic carbocycles. The number of halogens is 2. The molecule has 2 saturated heterocycles. The van der Waals surface area contributed by atoms with Crippen LogP contribution in [-0.2, 0) is 21.7 Å². The molecule has 7 heteroatoms. The molecule has 4 rings (SSSR count). The van der Waals surface area contributed by atoms with Crippen molar-refractivity contribution in [2.75, 3.05) is 39.9 Å². The molecule has 1 aliphatic carbocycles. The first-order valence-corrected chi connectivity index (χ1v) is 11.4. The standard InChI is InChI=1S/C16H19ClFNO2.C7H15NO/c17-14-7-13(16(18)8-12(9-16)15(20)21)4-3-11(14)10-19-5-1-2-6-19;1-8-6-7-2-4-9-5-3-7/h3-4,7,12H,1-2,5-6,8-10H2,(H,20,21);7-8H,2-6H2,1H3. The van der Waals surface area contributed by atoms with Gasteiger partial charge in [0.15, 0.2) is 0 Å². The molecule has 2 heterocycles. The van der Waals surface area contributed by atoms with Crippen molar-refractivity contribution in [2.45, 2.75) is 50.7 Å². The molecule has 2 N–H and O–H groups in total. The smallest absolute Gasteiger partial charge is 0.306 e. The maximum absolute atomic E-state index is 14.6. The highest BCUT2D eigenvalue weighted by Crippen LogP contribution is 2.49. The lowest BCUT2D eigenvalue weighted by atomic mass is 9.69. The van der Waals surface area contributed by atoms with Crippen LogP contribution in [0.4, 0.5) is 4.39 Å². The van der Waals surface area contributed by atoms with Gasteiger partial charge in [0.2, 0.25) is 0 Å². The van der Waals surface area contributed by atoms with Crippen LogP contribution in [0, 0.1) is 11.8 Å². The summed E-state index contributed by atoms with van der Waals surface area (Å²) in [6.45, 7) is 6.06. The van der Waals surface area contributed by atoms with Gasteiger partial charge in [0, 0.05) is 24.8 Å². The summed E-state index contributed by atoms with van der Waals surface area (Å²) in [5, 5.41) is 12.6. The Kier molecular flexibility index (Phi) is 8.52. The van der Waals surface area contributed by atoms with E-state index < -0.39 is 17.6 Å². The molecule has 0 amide bonds. The second kappa shape index (κ2) is 10.9. The molecule has 1 saturated carbocycles. The Morgan fingerprint density at radius 3 is 2.53 bits per heavy atom. The Morgan fingerprint density at radius 1 is 1.30 bits per heavy atom. The van der Waals surface area contributed by atoms with Crippen molar-refractivity contribution < 1.29 is 19.0 Å². The third-order valence-corrected chi connectivity index (χ3v) is 6.84. The summed E-state index contributed by atoms with van der Waals surface area (Å²) in [4.78, 5) is 13.2. The Hall–Kier alpha value is -1.21. The van der Waals surface area contributed by atoms with Gasteiger partial charge >= 0.3 is 5.97 Å². The maximum Gasteiger partial charge on any atom is 0.306 e. The number of nitrogens with zero attached hydrogens (tertiary/aromatic N) is 1. The van der Waals surface area contributed by atoms with Crippen LogP contribution in [-0.4, -0.2) is 55.9 Å². The third kappa shape index (κ3) is 6.16. The highest BCUT2D eigenvalue weighted by Gasteiger charge is 2.49. The van der Waals surface area contributed by atoms with Gasteiger partial charge in [-0.2, -0.15) is 0 Å². The number of hydrogen-bond donors (Lipinski definition) is 2. The zero-order valence-corrected chi connectivity index (χ0v) is 18.6. The van der Waals surface area contributed by atoms with E-state index in [1.54, 1.807) is 12.1 Å². The molecule has 3 aliphatic rings. The van der Waals surface area contributed by atoms with Crippen molar-refractivity contribution >= 4 is 17.6 Å². The van der Waals surface area contributed by atoms with Crippen molar-refractivity contribution in [3.05, 3.63) is 34.3 Å². The van der Waals surface area contributed by atoms with Crippen molar-refractivity contribution in [3.8, 4) is 0 Å². The highest BCUT2D eigenvalue weighted by atomic mass is 35.5. The first-order valence-electron chi connectivity index (χ1n) is 11.1. The lowest BCUT2D eigenvalue weighted by Gasteiger charge is -2.39. The van der Waals surface area contributed by atoms with Crippen LogP contribution in [0.2, 0.25) is 5.02 Å². The summed E-state index contributed by atoms with van der Waals surface area (Å²) >= 11 is 6.28. The van der Waals surface area contributed by atoms with Gasteiger partial charge in [-0.15, -0.1) is 0 Å². The van der Waals surface area contributed by atoms with Gasteiger partial charge in [0.25, 0.3) is 0 Å². The number of rotatable bonds is 6. The fourth-order valence-corrected chi connectivity index (χ4v) is 4.75. The lowest BCUT2D eigenvalue weighted by molar-refractivity contribution is -0.152. The van der Waals surface area contributed by atoms with E-state index in [1.165, 1.54) is 25.7 Å². The SMILES string of the molecule is CNCC1CCOCC1.O=C(O)C1CC(F)(c2ccc(CN3CCCC3)c(Cl)c2)C1. The average molecular weight is 441 g/mol. The molecule has 1 aromatic rings. The molecule has 0 radical (unpaired) electrons. The summed E-state index contributed by atoms with van der Waals surface area (Å²) in [5.41, 5.74) is -0.00557. The van der Waals surface area contributed by atoms with Gasteiger partial charge in [-0.05, 0) is 88.3 Å². The normalized spacial score (nSPS) is 27.2. The number of aliphatic carboxylic acids is 1. The summed E-state index contributed by atoms with van der Waals surface area (Å²) in [7, 11) is 2.01. The number of nitrogens with one attached hydrogen (secondary N) is 1. The van der Waals surface area contributed by atoms with E-state index in [0.717, 1.165) is 50.9 Å². The van der Waals surface area contributed by atoms with E-state index in [2.05, 4.69) is 10.2 Å². The Bertz CT molecular complexity index is 697. The number of carboxylic acids is 1. The molecular weight excluding hydrogens is 407 g/mol. The van der Waals surface area contributed by atoms with Crippen molar-refractivity contribution in [1.29, 1.82) is 0 Å². The number of benzene rings is 1. The molecular formula is C23H34ClFN2O3. The largest absolute Gasteiger partial charge is 0.481 e. The number of carboxylic acid groups (broad SMARTS) is 1. The molecule has 30 heavy (non-hydrogen) atoms. The summed E-state index contributed by atoms with van der Waals surface area (Å²) in [6.07, 6.45) is 5.01. The Labute approximate surface area is 183 Å². The summed E-state index contributed by atoms with van der Waals surface area (Å²) < 4.78 is 19.9. The minimum absolute atomic E-state index is 0.0458. The van der Waals surface area contributed by atoms with Crippen LogP contribution in [0.3, 0.4) is 0 Å². The van der Waals surface area contributed by atoms with Crippen LogP contribution in [0.25, 0.3) is 0 Å². The zero-order chi connectivity index (χ0) is 21.6. The number of ether oxygens (including phenoxy) is 1. The van der Waals surface area contributed by atoms with E-state index in [-0.39, 0.29) is 12.8 Å². The van der Waals surface area contributed by atoms with E-state index >= 15 is 0 Å². The number of hydrogen-bond acceptors (Lipinski definition) is 4. The van der Waals surface area contributed by atoms with Crippen LogP contribution in [0.15, 0.2) is 18.2 Å². The van der Waals surface area contributed by atoms with Crippen molar-refractivity contribution in [2.24, 2.45) is 11.8 Å². The molecule has 2 aliphatic heterocycles. The molecule has 0 bridgehead atoms. The fraction of sp³-hybridized carbons (Fsp3) is 0.696. The maximum atomic E-state index is 14.6. The highest BCUT2D eigenvalue weighted by molar-refractivity contribution is 6.31. The van der Waals surface area contributed by atoms with E-state index in [1.807, 2.05) is 13.1 Å². The van der Waals surface area contributed by atoms with Gasteiger partial charge in [0.05, 0.1) is 5.92 Å². The third-order valence-electron chi connectivity index (χ3n) is 6.49. The average Bonchev–Trinajstić information content (AvgIpc) is 3.22. The molecule has 0 unspecified atom stereocenters. The van der Waals surface area contributed by atoms with Gasteiger partial charge < -0.3 is 15.2 Å². The van der Waals surface area contributed by atoms with Crippen LogP contribution in [0.5, 0.6) is 0 Å². The predicted octanol–water partition coefficient (Wildman–Crippen LogP) is 4.23. The summed E-state index contributed by atoms with van der Waals surface area (Å²) in [5.74, 6) is -0.623. The molecule has 5 nitrogen and oxygen atoms in total. The van der Waals surface area contributed by atoms with Crippen LogP contribution in [0.1, 0.15) is 49.7 Å². The zero-order valence-electron chi connectivity index (χ0n) is 17.8. The quantitative estimate of drug-likeness (QED) is 0.693. The molecule has 0 aromatic heterocycles. The van der Waals surface area contributed by atoms with Crippen molar-refractivity contribution in [1.82, 2.24) is 10.2 Å². The molecule has 168 valence electrons. The number of carbonyl (C=O) groups is 1. The molecule has 0 atom stereocenters. The van der Waals surface area contributed by atoms with Gasteiger partial charge in [0.1, 0.15) is 5.67 Å². The van der Waals surface area contributed by atoms with Crippen LogP contribution < -0.4 is 5.32 Å². The first-order chi connectivity index (χ1) is 14.4. The minimum atomic E-state index is -1.53. The number of likely N-dealkylation sites (tertiary alicyclic amines) is 1. The summed E-state index contributed by atoms with van der Waals surface area (Å²) in [6, 6.07) is 5.31. The molecule has 3 fully saturated rings. The van der Waals surface area contributed by atoms with E-state index in [4.69, 9.17) is 21.4 Å². The Balaban J connectivity index is 0.000000239. The molecule has 0 spiro atoms. The Morgan fingerprint density at radius 2 is 1.97 bits per heavy atom.